The van der Waals surface area contributed by atoms with Gasteiger partial charge in [-0.25, -0.2) is 0 Å². The van der Waals surface area contributed by atoms with E-state index >= 15 is 0 Å². The van der Waals surface area contributed by atoms with E-state index < -0.39 is 5.72 Å². The van der Waals surface area contributed by atoms with Gasteiger partial charge in [0.05, 0.1) is 12.1 Å². The summed E-state index contributed by atoms with van der Waals surface area (Å²) in [6.45, 7) is 5.17. The molecule has 5 saturated heterocycles. The van der Waals surface area contributed by atoms with E-state index in [9.17, 15) is 29.1 Å². The fourth-order valence-corrected chi connectivity index (χ4v) is 14.2. The third-order valence-electron chi connectivity index (χ3n) is 18.1. The molecule has 5 amide bonds. The zero-order valence-electron chi connectivity index (χ0n) is 56.8. The molecule has 4 aliphatic carbocycles. The van der Waals surface area contributed by atoms with E-state index in [1.165, 1.54) is 66.1 Å². The molecule has 5 aliphatic heterocycles. The Morgan fingerprint density at radius 1 is 0.635 bits per heavy atom. The van der Waals surface area contributed by atoms with Gasteiger partial charge in [-0.1, -0.05) is 166 Å². The molecule has 15 nitrogen and oxygen atoms in total. The Bertz CT molecular complexity index is 3050. The second-order valence-corrected chi connectivity index (χ2v) is 25.0. The molecule has 5 heterocycles. The number of hydrogen-bond acceptors (Lipinski definition) is 11. The van der Waals surface area contributed by atoms with E-state index in [1.807, 2.05) is 133 Å². The topological polar surface area (TPSA) is 216 Å². The number of unbranched alkanes of at least 4 members (excludes halogenated alkanes) is 1. The van der Waals surface area contributed by atoms with Crippen LogP contribution in [0.3, 0.4) is 0 Å². The van der Waals surface area contributed by atoms with Gasteiger partial charge >= 0.3 is 194 Å². The standard InChI is InChI=1S/C19H19NO.C13H15NO2.C13H15NO.C7H9NO2.C6H5I.C6H5.C5H13N.C4H8O.CH2O3.BrH.2Cs.Cu.HI.Mg.H/c21-19-17-13-7-12-16(17)18(14-8-3-1-4-9-14)20(19)15-10-5-2-6-11-15;15-12-10-7-4-8-11(10)13(16,14-12)9-5-2-1-3-6-9;15-13-11-8-4-7-10(11)12(14-13)9-5-2-1-3-6-9;9-6-4-2-1-3-5(4)7(10)8-6;7-6-4-2-1-3-5-6;1-2-4-6-5-3-1;1-3-4-5-6-2;1-2-4-5-3-1;2-1-4-3;;;;;;;/h1-6,8-11,16-18H,7,12-13H2;1-3,5-6,10-11,16H,4,7-8H2,(H,14,15);1-3,5-6,10-12H,4,7-8H2,(H,14,15);4-5H,1-3H2,(H,8,9,10);1-5H;1-5H;6H,3-5H2,1-2H3;1-4H2;1,3H;1H;;;;1H;;/q;;;;;-1;;;;;3*+1;;+2;-1/p-3. The number of nitrogens with zero attached hydrogens (tertiary/aromatic N) is 1. The Morgan fingerprint density at radius 3 is 1.55 bits per heavy atom. The molecule has 0 spiro atoms. The summed E-state index contributed by atoms with van der Waals surface area (Å²) in [5, 5.41) is 30.4. The van der Waals surface area contributed by atoms with Crippen LogP contribution in [0, 0.1) is 57.0 Å². The van der Waals surface area contributed by atoms with E-state index in [2.05, 4.69) is 135 Å². The number of amides is 5. The minimum atomic E-state index is -1.14. The monoisotopic (exact) mass is 1900 g/mol. The van der Waals surface area contributed by atoms with Gasteiger partial charge in [-0.05, 0) is 154 Å². The number of carbonyl (C=O) groups is 6. The molecule has 96 heavy (non-hydrogen) atoms. The smallest absolute Gasteiger partial charge is 1.00 e. The average molecular weight is 1900 g/mol. The number of ether oxygens (including phenoxy) is 1. The van der Waals surface area contributed by atoms with Crippen LogP contribution in [0.2, 0.25) is 0 Å². The van der Waals surface area contributed by atoms with Crippen molar-refractivity contribution < 1.29 is 218 Å². The number of nitrogens with one attached hydrogen (secondary N) is 4. The molecule has 22 heteroatoms. The predicted molar refractivity (Wildman–Crippen MR) is 377 cm³/mol. The molecule has 0 aromatic heterocycles. The van der Waals surface area contributed by atoms with Gasteiger partial charge in [0.15, 0.2) is 5.72 Å². The molecule has 4 saturated carbocycles. The van der Waals surface area contributed by atoms with Gasteiger partial charge < -0.3 is 59.2 Å². The summed E-state index contributed by atoms with van der Waals surface area (Å²) in [5.41, 5.74) is 3.23. The van der Waals surface area contributed by atoms with Crippen molar-refractivity contribution in [3.63, 3.8) is 0 Å². The fraction of sp³-hybridized carbons (Fsp3) is 0.432. The minimum Gasteiger partial charge on any atom is -1.00 e. The van der Waals surface area contributed by atoms with Crippen molar-refractivity contribution in [2.75, 3.05) is 31.7 Å². The fourth-order valence-electron chi connectivity index (χ4n) is 13.8. The molecule has 6 aromatic carbocycles. The van der Waals surface area contributed by atoms with Crippen molar-refractivity contribution in [2.45, 2.75) is 127 Å². The van der Waals surface area contributed by atoms with Gasteiger partial charge in [0.1, 0.15) is 0 Å². The number of carbonyl (C=O) groups excluding carboxylic acids is 6. The Kier molecular flexibility index (Phi) is 50.1. The van der Waals surface area contributed by atoms with Crippen LogP contribution in [0.25, 0.3) is 0 Å². The molecule has 6 aromatic rings. The van der Waals surface area contributed by atoms with Crippen molar-refractivity contribution in [1.29, 1.82) is 0 Å². The van der Waals surface area contributed by atoms with Crippen LogP contribution >= 0.6 is 42.9 Å². The summed E-state index contributed by atoms with van der Waals surface area (Å²) in [5.74, 6) is 2.11. The third-order valence-corrected chi connectivity index (χ3v) is 18.8. The predicted octanol–water partition coefficient (Wildman–Crippen LogP) is 3.54. The minimum absolute atomic E-state index is 0. The number of hydrogen-bond donors (Lipinski definition) is 5. The molecule has 9 fully saturated rings. The zero-order chi connectivity index (χ0) is 65.9. The largest absolute Gasteiger partial charge is 2.00 e. The molecule has 0 radical (unpaired) electrons. The van der Waals surface area contributed by atoms with Crippen LogP contribution < -0.4 is 186 Å². The first kappa shape index (κ1) is 91.6. The van der Waals surface area contributed by atoms with E-state index in [-0.39, 0.29) is 257 Å². The molecule has 11 unspecified atom stereocenters. The van der Waals surface area contributed by atoms with Crippen molar-refractivity contribution in [3.8, 4) is 0 Å². The van der Waals surface area contributed by atoms with E-state index in [0.29, 0.717) is 17.7 Å². The van der Waals surface area contributed by atoms with E-state index in [0.717, 1.165) is 82.4 Å². The van der Waals surface area contributed by atoms with Gasteiger partial charge in [0.2, 0.25) is 29.5 Å². The Labute approximate surface area is 748 Å². The van der Waals surface area contributed by atoms with Gasteiger partial charge in [-0.15, -0.1) is 0 Å². The summed E-state index contributed by atoms with van der Waals surface area (Å²) in [7, 11) is 1.98. The van der Waals surface area contributed by atoms with Crippen LogP contribution in [0.5, 0.6) is 0 Å². The molecule has 508 valence electrons. The van der Waals surface area contributed by atoms with Crippen LogP contribution in [-0.2, 0) is 56.9 Å². The summed E-state index contributed by atoms with van der Waals surface area (Å²) in [6, 6.07) is 63.6. The number of anilines is 1. The van der Waals surface area contributed by atoms with Crippen LogP contribution in [0.1, 0.15) is 140 Å². The maximum atomic E-state index is 12.9. The second kappa shape index (κ2) is 52.5. The maximum Gasteiger partial charge on any atom is 2.00 e. The van der Waals surface area contributed by atoms with Crippen LogP contribution in [-0.4, -0.2) is 91.0 Å². The summed E-state index contributed by atoms with van der Waals surface area (Å²) in [6.07, 6.45) is 17.8. The molecular weight excluding hydrogens is 1810 g/mol. The van der Waals surface area contributed by atoms with Crippen molar-refractivity contribution in [1.82, 2.24) is 21.3 Å². The van der Waals surface area contributed by atoms with Gasteiger partial charge in [-0.2, -0.15) is 36.4 Å². The summed E-state index contributed by atoms with van der Waals surface area (Å²) >= 11 is 8.15. The van der Waals surface area contributed by atoms with Crippen molar-refractivity contribution >= 4 is 108 Å². The molecule has 9 aliphatic rings. The molecule has 11 atom stereocenters. The quantitative estimate of drug-likeness (QED) is 0.0217. The van der Waals surface area contributed by atoms with Crippen molar-refractivity contribution in [3.05, 3.63) is 208 Å². The van der Waals surface area contributed by atoms with Gasteiger partial charge in [0, 0.05) is 63.5 Å². The second-order valence-electron chi connectivity index (χ2n) is 23.8. The van der Waals surface area contributed by atoms with Gasteiger partial charge in [0.25, 0.3) is 6.47 Å². The average Bonchev–Trinajstić information content (AvgIpc) is 1.62. The molecule has 15 rings (SSSR count). The first-order chi connectivity index (χ1) is 44.9. The Balaban J connectivity index is 0.000000566. The third kappa shape index (κ3) is 28.5. The first-order valence-electron chi connectivity index (χ1n) is 32.4. The van der Waals surface area contributed by atoms with E-state index in [4.69, 9.17) is 14.8 Å². The zero-order valence-corrected chi connectivity index (χ0v) is 76.6. The summed E-state index contributed by atoms with van der Waals surface area (Å²) in [4.78, 5) is 71.6. The van der Waals surface area contributed by atoms with Crippen LogP contribution in [0.15, 0.2) is 182 Å². The number of benzene rings is 6. The first-order valence-corrected chi connectivity index (χ1v) is 36.5. The number of halogens is 3. The number of aliphatic hydroxyl groups is 1. The SMILES string of the molecule is C1CCOC1.CCCCNC.Ic1ccccc1.O=C1C2CCCC2C(c2ccccc2)N1c1ccccc1.O=C1NC(=O)C2CCCC12.O=C1NC(O)(c2ccccc2)C2CCCC12.O=C1NC(c2ccccc2)C2CCCC12.O=CO[O-].[Br-].[Cs+].[Cs+].[Cu][I].[H-].[Mg+2].[c-]1ccccc1. The van der Waals surface area contributed by atoms with Gasteiger partial charge in [-0.3, -0.25) is 34.1 Å². The molecular formula is C74H91BrCs2CuI2MgN5O10. The maximum absolute atomic E-state index is 12.9. The molecule has 0 bridgehead atoms. The number of rotatable bonds is 8. The summed E-state index contributed by atoms with van der Waals surface area (Å²) < 4.78 is 6.24. The van der Waals surface area contributed by atoms with E-state index in [1.54, 1.807) is 20.3 Å². The Hall–Kier alpha value is -0.490. The number of fused-ring (bicyclic) bond motifs is 4. The van der Waals surface area contributed by atoms with Crippen molar-refractivity contribution in [2.24, 2.45) is 47.3 Å². The normalized spacial score (nSPS) is 24.8. The molecule has 5 N–H and O–H groups in total. The number of para-hydroxylation sites is 1. The van der Waals surface area contributed by atoms with Crippen LogP contribution in [0.4, 0.5) is 5.69 Å². The number of imide groups is 1. The Morgan fingerprint density at radius 2 is 1.09 bits per heavy atom.